The van der Waals surface area contributed by atoms with Crippen LogP contribution in [0.5, 0.6) is 0 Å². The molecule has 2 aliphatic rings. The van der Waals surface area contributed by atoms with E-state index in [1.54, 1.807) is 0 Å². The van der Waals surface area contributed by atoms with E-state index in [4.69, 9.17) is 4.98 Å². The van der Waals surface area contributed by atoms with Crippen molar-refractivity contribution in [3.63, 3.8) is 0 Å². The van der Waals surface area contributed by atoms with Gasteiger partial charge in [-0.2, -0.15) is 0 Å². The van der Waals surface area contributed by atoms with Crippen molar-refractivity contribution in [1.82, 2.24) is 19.8 Å². The monoisotopic (exact) mass is 374 g/mol. The number of benzene rings is 2. The minimum Gasteiger partial charge on any atom is -0.341 e. The van der Waals surface area contributed by atoms with E-state index < -0.39 is 0 Å². The van der Waals surface area contributed by atoms with Crippen molar-refractivity contribution in [2.75, 3.05) is 26.2 Å². The second-order valence-electron chi connectivity index (χ2n) is 8.00. The summed E-state index contributed by atoms with van der Waals surface area (Å²) in [5, 5.41) is 2.32. The van der Waals surface area contributed by atoms with Crippen LogP contribution in [0.3, 0.4) is 0 Å². The summed E-state index contributed by atoms with van der Waals surface area (Å²) < 4.78 is 0. The molecule has 2 fully saturated rings. The third-order valence-electron chi connectivity index (χ3n) is 6.32. The zero-order valence-electron chi connectivity index (χ0n) is 16.3. The first-order chi connectivity index (χ1) is 13.7. The van der Waals surface area contributed by atoms with Crippen molar-refractivity contribution in [1.29, 1.82) is 0 Å². The average Bonchev–Trinajstić information content (AvgIpc) is 3.08. The summed E-state index contributed by atoms with van der Waals surface area (Å²) in [5.74, 6) is 0.819. The molecule has 28 heavy (non-hydrogen) atoms. The van der Waals surface area contributed by atoms with Crippen LogP contribution in [0.15, 0.2) is 42.5 Å². The normalized spacial score (nSPS) is 18.4. The summed E-state index contributed by atoms with van der Waals surface area (Å²) in [5.41, 5.74) is 2.43. The van der Waals surface area contributed by atoms with Crippen LogP contribution in [-0.4, -0.2) is 57.9 Å². The van der Waals surface area contributed by atoms with Gasteiger partial charge in [0.2, 0.25) is 0 Å². The molecule has 2 heterocycles. The van der Waals surface area contributed by atoms with Crippen LogP contribution >= 0.6 is 0 Å². The molecule has 0 spiro atoms. The van der Waals surface area contributed by atoms with Crippen LogP contribution in [0, 0.1) is 6.92 Å². The van der Waals surface area contributed by atoms with Crippen LogP contribution in [-0.2, 0) is 0 Å². The van der Waals surface area contributed by atoms with Gasteiger partial charge in [0.15, 0.2) is 0 Å². The highest BCUT2D eigenvalue weighted by atomic mass is 16.2. The average molecular weight is 374 g/mol. The molecule has 1 aliphatic carbocycles. The lowest BCUT2D eigenvalue weighted by molar-refractivity contribution is 0.0451. The number of fused-ring (bicyclic) bond motifs is 1. The Balaban J connectivity index is 1.38. The molecular formula is C23H26N4O. The number of hydrogen-bond acceptors (Lipinski definition) is 3. The number of imidazole rings is 1. The molecule has 1 saturated heterocycles. The topological polar surface area (TPSA) is 52.2 Å². The molecule has 0 unspecified atom stereocenters. The maximum atomic E-state index is 13.1. The van der Waals surface area contributed by atoms with Gasteiger partial charge in [-0.05, 0) is 30.5 Å². The summed E-state index contributed by atoms with van der Waals surface area (Å²) in [6.45, 7) is 5.50. The van der Waals surface area contributed by atoms with Crippen LogP contribution in [0.25, 0.3) is 22.2 Å². The number of aromatic nitrogens is 2. The van der Waals surface area contributed by atoms with Crippen LogP contribution in [0.2, 0.25) is 0 Å². The molecule has 1 amide bonds. The third-order valence-corrected chi connectivity index (χ3v) is 6.32. The number of nitrogens with zero attached hydrogens (tertiary/aromatic N) is 3. The maximum absolute atomic E-state index is 13.1. The van der Waals surface area contributed by atoms with Gasteiger partial charge in [0, 0.05) is 43.5 Å². The van der Waals surface area contributed by atoms with Crippen LogP contribution in [0.4, 0.5) is 0 Å². The maximum Gasteiger partial charge on any atom is 0.274 e. The highest BCUT2D eigenvalue weighted by molar-refractivity contribution is 5.97. The fraction of sp³-hybridized carbons (Fsp3) is 0.391. The number of H-pyrrole nitrogens is 1. The number of nitrogens with one attached hydrogen (secondary N) is 1. The smallest absolute Gasteiger partial charge is 0.274 e. The number of carbonyl (C=O) groups excluding carboxylic acids is 1. The lowest BCUT2D eigenvalue weighted by Gasteiger charge is -2.42. The molecule has 5 nitrogen and oxygen atoms in total. The van der Waals surface area contributed by atoms with Crippen molar-refractivity contribution in [2.24, 2.45) is 0 Å². The second-order valence-corrected chi connectivity index (χ2v) is 8.00. The van der Waals surface area contributed by atoms with Gasteiger partial charge in [0.05, 0.1) is 0 Å². The van der Waals surface area contributed by atoms with Gasteiger partial charge in [-0.3, -0.25) is 9.69 Å². The van der Waals surface area contributed by atoms with Crippen molar-refractivity contribution in [3.8, 4) is 11.4 Å². The third kappa shape index (κ3) is 3.00. The number of rotatable bonds is 3. The number of hydrogen-bond donors (Lipinski definition) is 1. The Morgan fingerprint density at radius 1 is 1.04 bits per heavy atom. The summed E-state index contributed by atoms with van der Waals surface area (Å²) in [6, 6.07) is 15.2. The zero-order chi connectivity index (χ0) is 19.1. The molecule has 0 atom stereocenters. The Hall–Kier alpha value is -2.66. The molecule has 0 bridgehead atoms. The molecule has 0 radical (unpaired) electrons. The molecule has 5 heteroatoms. The first-order valence-corrected chi connectivity index (χ1v) is 10.3. The van der Waals surface area contributed by atoms with Gasteiger partial charge in [-0.15, -0.1) is 0 Å². The second kappa shape index (κ2) is 7.06. The van der Waals surface area contributed by atoms with Gasteiger partial charge in [-0.1, -0.05) is 48.9 Å². The largest absolute Gasteiger partial charge is 0.341 e. The number of aromatic amines is 1. The number of piperazine rings is 1. The van der Waals surface area contributed by atoms with Crippen molar-refractivity contribution >= 4 is 16.7 Å². The van der Waals surface area contributed by atoms with Crippen LogP contribution < -0.4 is 0 Å². The molecule has 5 rings (SSSR count). The molecule has 3 aromatic rings. The summed E-state index contributed by atoms with van der Waals surface area (Å²) in [6.07, 6.45) is 3.99. The SMILES string of the molecule is Cc1[nH]c(-c2cccc3ccccc23)nc1C(=O)N1CCN(C2CCC2)CC1. The Bertz CT molecular complexity index is 1010. The van der Waals surface area contributed by atoms with E-state index in [0.717, 1.165) is 54.7 Å². The van der Waals surface area contributed by atoms with E-state index in [2.05, 4.69) is 34.1 Å². The van der Waals surface area contributed by atoms with Gasteiger partial charge in [0.1, 0.15) is 11.5 Å². The van der Waals surface area contributed by atoms with Crippen molar-refractivity contribution in [3.05, 3.63) is 53.9 Å². The van der Waals surface area contributed by atoms with E-state index in [-0.39, 0.29) is 5.91 Å². The number of carbonyl (C=O) groups is 1. The molecule has 144 valence electrons. The highest BCUT2D eigenvalue weighted by Crippen LogP contribution is 2.28. The van der Waals surface area contributed by atoms with E-state index in [0.29, 0.717) is 5.69 Å². The van der Waals surface area contributed by atoms with Gasteiger partial charge < -0.3 is 9.88 Å². The molecule has 1 aromatic heterocycles. The number of amides is 1. The molecule has 1 N–H and O–H groups in total. The van der Waals surface area contributed by atoms with E-state index in [1.807, 2.05) is 30.0 Å². The first kappa shape index (κ1) is 17.4. The molecule has 2 aromatic carbocycles. The molecule has 1 aliphatic heterocycles. The zero-order valence-corrected chi connectivity index (χ0v) is 16.3. The Kier molecular flexibility index (Phi) is 4.40. The van der Waals surface area contributed by atoms with Gasteiger partial charge in [0.25, 0.3) is 5.91 Å². The summed E-state index contributed by atoms with van der Waals surface area (Å²) >= 11 is 0. The first-order valence-electron chi connectivity index (χ1n) is 10.3. The summed E-state index contributed by atoms with van der Waals surface area (Å²) in [7, 11) is 0. The van der Waals surface area contributed by atoms with E-state index in [1.165, 1.54) is 24.6 Å². The van der Waals surface area contributed by atoms with Crippen molar-refractivity contribution < 1.29 is 4.79 Å². The lowest BCUT2D eigenvalue weighted by Crippen LogP contribution is -2.53. The van der Waals surface area contributed by atoms with Gasteiger partial charge in [-0.25, -0.2) is 4.98 Å². The summed E-state index contributed by atoms with van der Waals surface area (Å²) in [4.78, 5) is 25.7. The minimum absolute atomic E-state index is 0.0495. The predicted octanol–water partition coefficient (Wildman–Crippen LogP) is 3.85. The highest BCUT2D eigenvalue weighted by Gasteiger charge is 2.30. The lowest BCUT2D eigenvalue weighted by atomic mass is 9.91. The quantitative estimate of drug-likeness (QED) is 0.758. The van der Waals surface area contributed by atoms with Gasteiger partial charge >= 0.3 is 0 Å². The number of aryl methyl sites for hydroxylation is 1. The Labute approximate surface area is 165 Å². The Morgan fingerprint density at radius 2 is 1.79 bits per heavy atom. The molecule has 1 saturated carbocycles. The fourth-order valence-electron chi connectivity index (χ4n) is 4.42. The predicted molar refractivity (Wildman–Crippen MR) is 111 cm³/mol. The van der Waals surface area contributed by atoms with Crippen LogP contribution in [0.1, 0.15) is 35.4 Å². The van der Waals surface area contributed by atoms with E-state index in [9.17, 15) is 4.79 Å². The Morgan fingerprint density at radius 3 is 2.54 bits per heavy atom. The van der Waals surface area contributed by atoms with E-state index >= 15 is 0 Å². The standard InChI is InChI=1S/C23H26N4O/c1-16-21(23(28)27-14-12-26(13-15-27)18-8-5-9-18)25-22(24-16)20-11-4-7-17-6-2-3-10-19(17)20/h2-4,6-7,10-11,18H,5,8-9,12-15H2,1H3,(H,24,25). The minimum atomic E-state index is 0.0495. The van der Waals surface area contributed by atoms with Crippen molar-refractivity contribution in [2.45, 2.75) is 32.2 Å². The fourth-order valence-corrected chi connectivity index (χ4v) is 4.42. The molecular weight excluding hydrogens is 348 g/mol.